The predicted octanol–water partition coefficient (Wildman–Crippen LogP) is -0.0884. The van der Waals surface area contributed by atoms with E-state index in [1.54, 1.807) is 0 Å². The first-order valence-corrected chi connectivity index (χ1v) is 2.41. The van der Waals surface area contributed by atoms with Gasteiger partial charge in [0.15, 0.2) is 0 Å². The molecule has 0 atom stereocenters. The third-order valence-electron chi connectivity index (χ3n) is 0.163. The van der Waals surface area contributed by atoms with Crippen LogP contribution >= 0.6 is 12.4 Å². The minimum atomic E-state index is -4.15. The molecule has 0 aromatic carbocycles. The maximum atomic E-state index is 9.33. The van der Waals surface area contributed by atoms with Gasteiger partial charge in [-0.05, 0) is 0 Å². The summed E-state index contributed by atoms with van der Waals surface area (Å²) in [7, 11) is -4.15. The maximum Gasteiger partial charge on any atom is 0.377 e. The molecule has 0 aliphatic carbocycles. The van der Waals surface area contributed by atoms with Gasteiger partial charge < -0.3 is 0 Å². The summed E-state index contributed by atoms with van der Waals surface area (Å²) in [5, 5.41) is 0. The average Bonchev–Trinajstić information content (AvgIpc) is 1.35. The summed E-state index contributed by atoms with van der Waals surface area (Å²) in [6, 6.07) is 0. The van der Waals surface area contributed by atoms with Crippen molar-refractivity contribution in [2.75, 3.05) is 0 Å². The van der Waals surface area contributed by atoms with E-state index in [-0.39, 0.29) is 12.4 Å². The first kappa shape index (κ1) is 9.98. The highest BCUT2D eigenvalue weighted by Crippen LogP contribution is 1.74. The van der Waals surface area contributed by atoms with Crippen LogP contribution in [0.1, 0.15) is 0 Å². The van der Waals surface area contributed by atoms with Gasteiger partial charge in [-0.1, -0.05) is 0 Å². The third-order valence-corrected chi connectivity index (χ3v) is 0.489. The monoisotopic (exact) mass is 145 g/mol. The second-order valence-corrected chi connectivity index (χ2v) is 1.73. The van der Waals surface area contributed by atoms with Crippen molar-refractivity contribution in [2.24, 2.45) is 4.40 Å². The largest absolute Gasteiger partial charge is 0.377 e. The van der Waals surface area contributed by atoms with Crippen molar-refractivity contribution >= 4 is 29.4 Å². The summed E-state index contributed by atoms with van der Waals surface area (Å²) >= 11 is 0. The molecule has 0 aliphatic heterocycles. The molecule has 7 heavy (non-hydrogen) atoms. The quantitative estimate of drug-likeness (QED) is 0.414. The molecular weight excluding hydrogens is 142 g/mol. The van der Waals surface area contributed by atoms with Crippen LogP contribution in [0.3, 0.4) is 0 Å². The van der Waals surface area contributed by atoms with E-state index in [1.807, 2.05) is 0 Å². The lowest BCUT2D eigenvalue weighted by atomic mass is 11.8. The minimum Gasteiger partial charge on any atom is -0.268 e. The first-order valence-electron chi connectivity index (χ1n) is 1.01. The normalized spacial score (nSPS) is 9.29. The van der Waals surface area contributed by atoms with Crippen LogP contribution in [0.15, 0.2) is 4.40 Å². The van der Waals surface area contributed by atoms with Crippen molar-refractivity contribution in [1.82, 2.24) is 0 Å². The molecule has 0 saturated carbocycles. The van der Waals surface area contributed by atoms with Gasteiger partial charge in [-0.15, -0.1) is 12.4 Å². The Balaban J connectivity index is 0. The lowest BCUT2D eigenvalue weighted by Gasteiger charge is -1.73. The van der Waals surface area contributed by atoms with E-state index >= 15 is 0 Å². The zero-order valence-corrected chi connectivity index (χ0v) is 4.87. The fourth-order valence-electron chi connectivity index (χ4n) is 0. The predicted molar refractivity (Wildman–Crippen MR) is 28.3 cm³/mol. The Morgan fingerprint density at radius 2 is 1.71 bits per heavy atom. The summed E-state index contributed by atoms with van der Waals surface area (Å²) in [4.78, 5) is 0. The molecule has 0 spiro atoms. The average molecular weight is 146 g/mol. The number of halogens is 1. The second-order valence-electron chi connectivity index (χ2n) is 0.577. The van der Waals surface area contributed by atoms with Crippen LogP contribution in [0.4, 0.5) is 0 Å². The third kappa shape index (κ3) is 10.7. The molecule has 0 saturated heterocycles. The molecule has 1 N–H and O–H groups in total. The molecule has 0 fully saturated rings. The lowest BCUT2D eigenvalue weighted by Crippen LogP contribution is -1.86. The summed E-state index contributed by atoms with van der Waals surface area (Å²) in [5.74, 6) is 0. The molecular formula is CH4ClNO3S. The van der Waals surface area contributed by atoms with Crippen LogP contribution in [0.5, 0.6) is 0 Å². The van der Waals surface area contributed by atoms with Crippen molar-refractivity contribution in [3.63, 3.8) is 0 Å². The van der Waals surface area contributed by atoms with Gasteiger partial charge in [0.05, 0.1) is 0 Å². The summed E-state index contributed by atoms with van der Waals surface area (Å²) < 4.78 is 28.5. The highest BCUT2D eigenvalue weighted by Gasteiger charge is 1.89. The summed E-state index contributed by atoms with van der Waals surface area (Å²) in [6.45, 7) is 2.54. The minimum absolute atomic E-state index is 0. The van der Waals surface area contributed by atoms with Crippen LogP contribution < -0.4 is 0 Å². The molecule has 6 heteroatoms. The van der Waals surface area contributed by atoms with Crippen LogP contribution in [0.2, 0.25) is 0 Å². The van der Waals surface area contributed by atoms with E-state index < -0.39 is 10.3 Å². The molecule has 4 nitrogen and oxygen atoms in total. The lowest BCUT2D eigenvalue weighted by molar-refractivity contribution is 0.485. The molecule has 0 radical (unpaired) electrons. The molecule has 0 bridgehead atoms. The molecule has 0 amide bonds. The molecule has 44 valence electrons. The second kappa shape index (κ2) is 2.95. The van der Waals surface area contributed by atoms with Crippen LogP contribution in [0, 0.1) is 0 Å². The summed E-state index contributed by atoms with van der Waals surface area (Å²) in [5.41, 5.74) is 0. The van der Waals surface area contributed by atoms with Crippen molar-refractivity contribution in [2.45, 2.75) is 0 Å². The van der Waals surface area contributed by atoms with Gasteiger partial charge in [0, 0.05) is 6.72 Å². The Kier molecular flexibility index (Phi) is 4.21. The fourth-order valence-corrected chi connectivity index (χ4v) is 0. The fraction of sp³-hybridized carbons (Fsp3) is 0. The van der Waals surface area contributed by atoms with E-state index in [9.17, 15) is 8.42 Å². The highest BCUT2D eigenvalue weighted by molar-refractivity contribution is 7.84. The van der Waals surface area contributed by atoms with Crippen LogP contribution in [-0.2, 0) is 10.3 Å². The van der Waals surface area contributed by atoms with Gasteiger partial charge in [-0.25, -0.2) is 0 Å². The van der Waals surface area contributed by atoms with Crippen molar-refractivity contribution in [3.05, 3.63) is 0 Å². The molecule has 0 heterocycles. The summed E-state index contributed by atoms with van der Waals surface area (Å²) in [6.07, 6.45) is 0. The zero-order chi connectivity index (χ0) is 5.21. The van der Waals surface area contributed by atoms with Gasteiger partial charge in [0.1, 0.15) is 0 Å². The van der Waals surface area contributed by atoms with E-state index in [4.69, 9.17) is 4.55 Å². The highest BCUT2D eigenvalue weighted by atomic mass is 35.5. The SMILES string of the molecule is C=NS(=O)(=O)O.Cl. The standard InChI is InChI=1S/CH3NO3S.ClH/c1-2-6(3,4)5;/h1H2,(H,3,4,5);1H. The van der Waals surface area contributed by atoms with Crippen LogP contribution in [0.25, 0.3) is 0 Å². The molecule has 0 aromatic heterocycles. The molecule has 0 aromatic rings. The number of nitrogens with zero attached hydrogens (tertiary/aromatic N) is 1. The topological polar surface area (TPSA) is 66.7 Å². The first-order chi connectivity index (χ1) is 2.56. The number of rotatable bonds is 1. The van der Waals surface area contributed by atoms with Gasteiger partial charge in [0.2, 0.25) is 0 Å². The Bertz CT molecular complexity index is 125. The van der Waals surface area contributed by atoms with E-state index in [0.29, 0.717) is 0 Å². The molecule has 0 unspecified atom stereocenters. The Morgan fingerprint density at radius 1 is 1.57 bits per heavy atom. The number of hydrogen-bond acceptors (Lipinski definition) is 2. The van der Waals surface area contributed by atoms with Crippen molar-refractivity contribution in [1.29, 1.82) is 0 Å². The van der Waals surface area contributed by atoms with Gasteiger partial charge >= 0.3 is 10.3 Å². The van der Waals surface area contributed by atoms with Crippen LogP contribution in [-0.4, -0.2) is 19.7 Å². The smallest absolute Gasteiger partial charge is 0.268 e. The van der Waals surface area contributed by atoms with Gasteiger partial charge in [-0.2, -0.15) is 12.8 Å². The Morgan fingerprint density at radius 3 is 1.71 bits per heavy atom. The van der Waals surface area contributed by atoms with Crippen molar-refractivity contribution < 1.29 is 13.0 Å². The Hall–Kier alpha value is -0.130. The van der Waals surface area contributed by atoms with E-state index in [2.05, 4.69) is 11.1 Å². The zero-order valence-electron chi connectivity index (χ0n) is 3.23. The van der Waals surface area contributed by atoms with Crippen molar-refractivity contribution in [3.8, 4) is 0 Å². The maximum absolute atomic E-state index is 9.33. The molecule has 0 rings (SSSR count). The van der Waals surface area contributed by atoms with Gasteiger partial charge in [0.25, 0.3) is 0 Å². The molecule has 0 aliphatic rings. The number of hydrogen-bond donors (Lipinski definition) is 1. The Labute approximate surface area is 47.6 Å². The van der Waals surface area contributed by atoms with E-state index in [0.717, 1.165) is 0 Å². The van der Waals surface area contributed by atoms with Gasteiger partial charge in [-0.3, -0.25) is 4.55 Å². The van der Waals surface area contributed by atoms with E-state index in [1.165, 1.54) is 0 Å².